The molecule has 0 spiro atoms. The molecule has 0 aliphatic carbocycles. The smallest absolute Gasteiger partial charge is 0.410 e. The van der Waals surface area contributed by atoms with E-state index in [0.29, 0.717) is 13.1 Å². The number of carbonyl (C=O) groups is 1. The summed E-state index contributed by atoms with van der Waals surface area (Å²) in [4.78, 5) is 12.6. The molecule has 1 aliphatic rings. The lowest BCUT2D eigenvalue weighted by atomic mass is 9.98. The Morgan fingerprint density at radius 3 is 2.42 bits per heavy atom. The van der Waals surface area contributed by atoms with E-state index in [1.54, 1.807) is 20.8 Å². The molecule has 0 saturated carbocycles. The van der Waals surface area contributed by atoms with Crippen LogP contribution in [0.25, 0.3) is 0 Å². The fourth-order valence-corrected chi connectivity index (χ4v) is 1.18. The summed E-state index contributed by atoms with van der Waals surface area (Å²) in [6.07, 6.45) is -0.431. The molecule has 0 aromatic carbocycles. The normalized spacial score (nSPS) is 20.6. The quantitative estimate of drug-likeness (QED) is 0.631. The Balaban J connectivity index is 2.29. The first-order valence-corrected chi connectivity index (χ1v) is 4.09. The van der Waals surface area contributed by atoms with E-state index in [0.717, 1.165) is 0 Å². The Morgan fingerprint density at radius 2 is 2.08 bits per heavy atom. The first-order chi connectivity index (χ1) is 5.41. The fourth-order valence-electron chi connectivity index (χ4n) is 1.18. The minimum atomic E-state index is -0.712. The van der Waals surface area contributed by atoms with E-state index in [-0.39, 0.29) is 12.2 Å². The molecular formula is C8H15NO3. The van der Waals surface area contributed by atoms with E-state index >= 15 is 0 Å². The monoisotopic (exact) mass is 173 g/mol. The number of β-amino-alcohol motifs (C(OH)–C–C–N with tert-alkyl or cyclic N) is 1. The summed E-state index contributed by atoms with van der Waals surface area (Å²) in [5, 5.41) is 9.32. The largest absolute Gasteiger partial charge is 0.447 e. The van der Waals surface area contributed by atoms with Crippen molar-refractivity contribution in [3.8, 4) is 0 Å². The van der Waals surface area contributed by atoms with Crippen molar-refractivity contribution in [2.45, 2.75) is 32.5 Å². The van der Waals surface area contributed by atoms with E-state index in [2.05, 4.69) is 0 Å². The van der Waals surface area contributed by atoms with Crippen LogP contribution in [0.1, 0.15) is 20.8 Å². The molecule has 1 N–H and O–H groups in total. The predicted octanol–water partition coefficient (Wildman–Crippen LogP) is 0.598. The van der Waals surface area contributed by atoms with Gasteiger partial charge in [0.1, 0.15) is 0 Å². The molecule has 1 heterocycles. The molecule has 70 valence electrons. The topological polar surface area (TPSA) is 49.8 Å². The number of rotatable bonds is 1. The molecule has 12 heavy (non-hydrogen) atoms. The van der Waals surface area contributed by atoms with Gasteiger partial charge in [0.15, 0.2) is 0 Å². The third kappa shape index (κ3) is 2.11. The molecule has 4 nitrogen and oxygen atoms in total. The Hall–Kier alpha value is -0.770. The van der Waals surface area contributed by atoms with Gasteiger partial charge in [0.2, 0.25) is 0 Å². The van der Waals surface area contributed by atoms with Crippen molar-refractivity contribution in [2.24, 2.45) is 0 Å². The molecule has 0 unspecified atom stereocenters. The highest BCUT2D eigenvalue weighted by molar-refractivity contribution is 5.69. The zero-order chi connectivity index (χ0) is 9.35. The molecule has 0 aromatic heterocycles. The van der Waals surface area contributed by atoms with Gasteiger partial charge in [-0.15, -0.1) is 0 Å². The zero-order valence-electron chi connectivity index (χ0n) is 7.70. The molecule has 1 fully saturated rings. The van der Waals surface area contributed by atoms with Gasteiger partial charge in [-0.3, -0.25) is 0 Å². The van der Waals surface area contributed by atoms with E-state index in [1.807, 2.05) is 0 Å². The maximum absolute atomic E-state index is 11.1. The van der Waals surface area contributed by atoms with Gasteiger partial charge in [-0.25, -0.2) is 4.79 Å². The van der Waals surface area contributed by atoms with Gasteiger partial charge in [-0.05, 0) is 20.8 Å². The number of hydrogen-bond donors (Lipinski definition) is 1. The molecule has 1 amide bonds. The van der Waals surface area contributed by atoms with Crippen LogP contribution in [0, 0.1) is 0 Å². The lowest BCUT2D eigenvalue weighted by molar-refractivity contribution is -0.0783. The Bertz CT molecular complexity index is 181. The summed E-state index contributed by atoms with van der Waals surface area (Å²) in [6, 6.07) is 0. The van der Waals surface area contributed by atoms with Gasteiger partial charge in [0.25, 0.3) is 0 Å². The second-order valence-corrected chi connectivity index (χ2v) is 3.79. The zero-order valence-corrected chi connectivity index (χ0v) is 7.70. The van der Waals surface area contributed by atoms with Crippen LogP contribution in [-0.4, -0.2) is 40.9 Å². The van der Waals surface area contributed by atoms with Crippen molar-refractivity contribution >= 4 is 6.09 Å². The highest BCUT2D eigenvalue weighted by atomic mass is 16.6. The van der Waals surface area contributed by atoms with Crippen LogP contribution in [-0.2, 0) is 4.74 Å². The van der Waals surface area contributed by atoms with E-state index < -0.39 is 5.60 Å². The van der Waals surface area contributed by atoms with Gasteiger partial charge >= 0.3 is 6.09 Å². The van der Waals surface area contributed by atoms with Gasteiger partial charge in [0.05, 0.1) is 24.8 Å². The Kier molecular flexibility index (Phi) is 2.28. The molecule has 1 aliphatic heterocycles. The second kappa shape index (κ2) is 2.94. The molecule has 0 aromatic rings. The van der Waals surface area contributed by atoms with Crippen LogP contribution in [0.2, 0.25) is 0 Å². The molecule has 1 rings (SSSR count). The number of hydrogen-bond acceptors (Lipinski definition) is 3. The van der Waals surface area contributed by atoms with Crippen molar-refractivity contribution in [1.29, 1.82) is 0 Å². The summed E-state index contributed by atoms with van der Waals surface area (Å²) >= 11 is 0. The highest BCUT2D eigenvalue weighted by Crippen LogP contribution is 2.20. The molecule has 1 saturated heterocycles. The summed E-state index contributed by atoms with van der Waals surface area (Å²) in [6.45, 7) is 6.05. The summed E-state index contributed by atoms with van der Waals surface area (Å²) in [5.74, 6) is 0. The lowest BCUT2D eigenvalue weighted by Crippen LogP contribution is -2.62. The highest BCUT2D eigenvalue weighted by Gasteiger charge is 2.40. The molecular weight excluding hydrogens is 158 g/mol. The van der Waals surface area contributed by atoms with Crippen LogP contribution >= 0.6 is 0 Å². The van der Waals surface area contributed by atoms with Crippen molar-refractivity contribution < 1.29 is 14.6 Å². The molecule has 0 bridgehead atoms. The molecule has 0 atom stereocenters. The summed E-state index contributed by atoms with van der Waals surface area (Å²) in [7, 11) is 0. The van der Waals surface area contributed by atoms with Crippen LogP contribution in [0.4, 0.5) is 4.79 Å². The Labute approximate surface area is 72.1 Å². The van der Waals surface area contributed by atoms with E-state index in [1.165, 1.54) is 4.90 Å². The third-order valence-corrected chi connectivity index (χ3v) is 1.66. The minimum absolute atomic E-state index is 0.0944. The number of ether oxygens (including phenoxy) is 1. The van der Waals surface area contributed by atoms with Crippen LogP contribution in [0.3, 0.4) is 0 Å². The van der Waals surface area contributed by atoms with Crippen LogP contribution in [0.15, 0.2) is 0 Å². The number of aliphatic hydroxyl groups is 1. The second-order valence-electron chi connectivity index (χ2n) is 3.79. The first kappa shape index (κ1) is 9.32. The van der Waals surface area contributed by atoms with Crippen LogP contribution in [0.5, 0.6) is 0 Å². The van der Waals surface area contributed by atoms with Crippen molar-refractivity contribution in [1.82, 2.24) is 4.90 Å². The molecule has 4 heteroatoms. The summed E-state index contributed by atoms with van der Waals surface area (Å²) < 4.78 is 4.92. The maximum atomic E-state index is 11.1. The number of likely N-dealkylation sites (tertiary alicyclic amines) is 1. The van der Waals surface area contributed by atoms with Gasteiger partial charge in [0, 0.05) is 0 Å². The Morgan fingerprint density at radius 1 is 1.58 bits per heavy atom. The minimum Gasteiger partial charge on any atom is -0.447 e. The van der Waals surface area contributed by atoms with Crippen molar-refractivity contribution in [2.75, 3.05) is 13.1 Å². The van der Waals surface area contributed by atoms with Gasteiger partial charge in [-0.2, -0.15) is 0 Å². The standard InChI is InChI=1S/C8H15NO3/c1-6(2)12-7(10)9-4-8(3,11)5-9/h6,11H,4-5H2,1-3H3. The maximum Gasteiger partial charge on any atom is 0.410 e. The average molecular weight is 173 g/mol. The fraction of sp³-hybridized carbons (Fsp3) is 0.875. The summed E-state index contributed by atoms with van der Waals surface area (Å²) in [5.41, 5.74) is -0.712. The van der Waals surface area contributed by atoms with Crippen molar-refractivity contribution in [3.05, 3.63) is 0 Å². The van der Waals surface area contributed by atoms with E-state index in [9.17, 15) is 9.90 Å². The van der Waals surface area contributed by atoms with Gasteiger partial charge in [-0.1, -0.05) is 0 Å². The predicted molar refractivity (Wildman–Crippen MR) is 43.8 cm³/mol. The number of amides is 1. The third-order valence-electron chi connectivity index (χ3n) is 1.66. The number of nitrogens with zero attached hydrogens (tertiary/aromatic N) is 1. The molecule has 0 radical (unpaired) electrons. The average Bonchev–Trinajstić information content (AvgIpc) is 1.80. The lowest BCUT2D eigenvalue weighted by Gasteiger charge is -2.43. The van der Waals surface area contributed by atoms with Gasteiger partial charge < -0.3 is 14.7 Å². The van der Waals surface area contributed by atoms with Crippen LogP contribution < -0.4 is 0 Å². The van der Waals surface area contributed by atoms with Crippen molar-refractivity contribution in [3.63, 3.8) is 0 Å². The number of carbonyl (C=O) groups excluding carboxylic acids is 1. The SMILES string of the molecule is CC(C)OC(=O)N1CC(C)(O)C1. The first-order valence-electron chi connectivity index (χ1n) is 4.09. The van der Waals surface area contributed by atoms with E-state index in [4.69, 9.17) is 4.74 Å².